The van der Waals surface area contributed by atoms with Crippen LogP contribution in [-0.2, 0) is 11.2 Å². The second kappa shape index (κ2) is 8.01. The van der Waals surface area contributed by atoms with Gasteiger partial charge in [0.15, 0.2) is 0 Å². The van der Waals surface area contributed by atoms with Crippen LogP contribution in [0.5, 0.6) is 5.75 Å². The van der Waals surface area contributed by atoms with Gasteiger partial charge in [-0.05, 0) is 68.1 Å². The normalized spacial score (nSPS) is 18.4. The number of rotatable bonds is 6. The molecule has 0 aromatic heterocycles. The highest BCUT2D eigenvalue weighted by atomic mass is 16.5. The minimum Gasteiger partial charge on any atom is -0.491 e. The molecular formula is C22H26N2O3. The minimum absolute atomic E-state index is 0.110. The van der Waals surface area contributed by atoms with Crippen molar-refractivity contribution in [3.05, 3.63) is 53.6 Å². The molecule has 5 heteroatoms. The number of nitrogens with zero attached hydrogens (tertiary/aromatic N) is 1. The summed E-state index contributed by atoms with van der Waals surface area (Å²) in [5.41, 5.74) is 4.03. The molecule has 2 aromatic carbocycles. The Morgan fingerprint density at radius 1 is 1.26 bits per heavy atom. The van der Waals surface area contributed by atoms with Crippen LogP contribution < -0.4 is 15.0 Å². The van der Waals surface area contributed by atoms with E-state index in [9.17, 15) is 4.79 Å². The van der Waals surface area contributed by atoms with Gasteiger partial charge in [0.25, 0.3) is 5.91 Å². The number of anilines is 2. The molecule has 1 atom stereocenters. The number of fused-ring (bicyclic) bond motifs is 1. The van der Waals surface area contributed by atoms with E-state index >= 15 is 0 Å². The lowest BCUT2D eigenvalue weighted by molar-refractivity contribution is 0.0679. The van der Waals surface area contributed by atoms with Crippen molar-refractivity contribution in [3.63, 3.8) is 0 Å². The summed E-state index contributed by atoms with van der Waals surface area (Å²) in [4.78, 5) is 14.9. The average molecular weight is 366 g/mol. The minimum atomic E-state index is -0.110. The Labute approximate surface area is 160 Å². The van der Waals surface area contributed by atoms with Crippen LogP contribution in [0.3, 0.4) is 0 Å². The zero-order valence-corrected chi connectivity index (χ0v) is 15.7. The standard InChI is InChI=1S/C22H26N2O3/c1-2-24-12-11-16-5-8-18(14-21(16)24)23-22(25)17-6-9-19(10-7-17)27-15-20-4-3-13-26-20/h5-10,14,20H,2-4,11-13,15H2,1H3,(H,23,25). The van der Waals surface area contributed by atoms with Crippen molar-refractivity contribution in [1.29, 1.82) is 0 Å². The Morgan fingerprint density at radius 2 is 2.11 bits per heavy atom. The highest BCUT2D eigenvalue weighted by Crippen LogP contribution is 2.30. The summed E-state index contributed by atoms with van der Waals surface area (Å²) in [5, 5.41) is 3.00. The molecule has 27 heavy (non-hydrogen) atoms. The molecule has 1 saturated heterocycles. The second-order valence-electron chi connectivity index (χ2n) is 7.10. The number of hydrogen-bond donors (Lipinski definition) is 1. The first-order valence-corrected chi connectivity index (χ1v) is 9.76. The van der Waals surface area contributed by atoms with E-state index in [2.05, 4.69) is 29.3 Å². The molecule has 1 amide bonds. The number of amides is 1. The smallest absolute Gasteiger partial charge is 0.255 e. The molecule has 0 spiro atoms. The van der Waals surface area contributed by atoms with Gasteiger partial charge < -0.3 is 19.7 Å². The molecule has 0 radical (unpaired) electrons. The number of carbonyl (C=O) groups is 1. The Hall–Kier alpha value is -2.53. The fourth-order valence-corrected chi connectivity index (χ4v) is 3.72. The first-order valence-electron chi connectivity index (χ1n) is 9.76. The third-order valence-corrected chi connectivity index (χ3v) is 5.29. The highest BCUT2D eigenvalue weighted by molar-refractivity contribution is 6.04. The van der Waals surface area contributed by atoms with E-state index in [0.29, 0.717) is 12.2 Å². The Morgan fingerprint density at radius 3 is 2.85 bits per heavy atom. The molecule has 1 N–H and O–H groups in total. The van der Waals surface area contributed by atoms with E-state index in [1.165, 1.54) is 11.3 Å². The summed E-state index contributed by atoms with van der Waals surface area (Å²) in [6, 6.07) is 13.4. The Balaban J connectivity index is 1.37. The molecule has 2 aromatic rings. The summed E-state index contributed by atoms with van der Waals surface area (Å²) in [7, 11) is 0. The van der Waals surface area contributed by atoms with Gasteiger partial charge in [0.05, 0.1) is 6.10 Å². The molecule has 1 fully saturated rings. The molecule has 2 aliphatic heterocycles. The SMILES string of the molecule is CCN1CCc2ccc(NC(=O)c3ccc(OCC4CCCO4)cc3)cc21. The van der Waals surface area contributed by atoms with Gasteiger partial charge in [0.2, 0.25) is 0 Å². The van der Waals surface area contributed by atoms with Crippen LogP contribution in [0.2, 0.25) is 0 Å². The highest BCUT2D eigenvalue weighted by Gasteiger charge is 2.19. The van der Waals surface area contributed by atoms with Gasteiger partial charge in [-0.3, -0.25) is 4.79 Å². The zero-order valence-electron chi connectivity index (χ0n) is 15.7. The predicted molar refractivity (Wildman–Crippen MR) is 107 cm³/mol. The van der Waals surface area contributed by atoms with Crippen LogP contribution in [-0.4, -0.2) is 38.3 Å². The maximum absolute atomic E-state index is 12.6. The zero-order chi connectivity index (χ0) is 18.6. The average Bonchev–Trinajstić information content (AvgIpc) is 3.36. The monoisotopic (exact) mass is 366 g/mol. The number of likely N-dealkylation sites (N-methyl/N-ethyl adjacent to an activating group) is 1. The topological polar surface area (TPSA) is 50.8 Å². The van der Waals surface area contributed by atoms with Crippen LogP contribution in [0.15, 0.2) is 42.5 Å². The summed E-state index contributed by atoms with van der Waals surface area (Å²) in [5.74, 6) is 0.653. The fourth-order valence-electron chi connectivity index (χ4n) is 3.72. The van der Waals surface area contributed by atoms with Gasteiger partial charge in [-0.15, -0.1) is 0 Å². The summed E-state index contributed by atoms with van der Waals surface area (Å²) < 4.78 is 11.3. The van der Waals surface area contributed by atoms with E-state index < -0.39 is 0 Å². The van der Waals surface area contributed by atoms with Crippen molar-refractivity contribution in [3.8, 4) is 5.75 Å². The van der Waals surface area contributed by atoms with Crippen molar-refractivity contribution in [2.75, 3.05) is 36.5 Å². The molecule has 0 saturated carbocycles. The maximum Gasteiger partial charge on any atom is 0.255 e. The van der Waals surface area contributed by atoms with E-state index in [1.54, 1.807) is 12.1 Å². The van der Waals surface area contributed by atoms with Crippen molar-refractivity contribution >= 4 is 17.3 Å². The van der Waals surface area contributed by atoms with E-state index in [-0.39, 0.29) is 12.0 Å². The largest absolute Gasteiger partial charge is 0.491 e. The first kappa shape index (κ1) is 17.9. The second-order valence-corrected chi connectivity index (χ2v) is 7.10. The van der Waals surface area contributed by atoms with E-state index in [0.717, 1.165) is 50.4 Å². The van der Waals surface area contributed by atoms with Crippen LogP contribution in [0, 0.1) is 0 Å². The Kier molecular flexibility index (Phi) is 5.30. The molecule has 2 heterocycles. The van der Waals surface area contributed by atoms with Gasteiger partial charge >= 0.3 is 0 Å². The predicted octanol–water partition coefficient (Wildman–Crippen LogP) is 3.88. The number of benzene rings is 2. The van der Waals surface area contributed by atoms with Crippen LogP contribution in [0.1, 0.15) is 35.7 Å². The molecule has 0 aliphatic carbocycles. The van der Waals surface area contributed by atoms with Gasteiger partial charge in [-0.2, -0.15) is 0 Å². The van der Waals surface area contributed by atoms with Gasteiger partial charge in [0, 0.05) is 36.6 Å². The molecule has 2 aliphatic rings. The third-order valence-electron chi connectivity index (χ3n) is 5.29. The van der Waals surface area contributed by atoms with E-state index in [1.807, 2.05) is 18.2 Å². The summed E-state index contributed by atoms with van der Waals surface area (Å²) in [6.07, 6.45) is 3.42. The number of ether oxygens (including phenoxy) is 2. The van der Waals surface area contributed by atoms with Crippen molar-refractivity contribution in [2.24, 2.45) is 0 Å². The quantitative estimate of drug-likeness (QED) is 0.843. The lowest BCUT2D eigenvalue weighted by Crippen LogP contribution is -2.19. The molecular weight excluding hydrogens is 340 g/mol. The lowest BCUT2D eigenvalue weighted by atomic mass is 10.1. The lowest BCUT2D eigenvalue weighted by Gasteiger charge is -2.17. The molecule has 5 nitrogen and oxygen atoms in total. The fraction of sp³-hybridized carbons (Fsp3) is 0.409. The third kappa shape index (κ3) is 4.08. The number of nitrogens with one attached hydrogen (secondary N) is 1. The van der Waals surface area contributed by atoms with Crippen molar-refractivity contribution < 1.29 is 14.3 Å². The Bertz CT molecular complexity index is 798. The van der Waals surface area contributed by atoms with Crippen molar-refractivity contribution in [2.45, 2.75) is 32.3 Å². The van der Waals surface area contributed by atoms with Gasteiger partial charge in [-0.25, -0.2) is 0 Å². The number of hydrogen-bond acceptors (Lipinski definition) is 4. The summed E-state index contributed by atoms with van der Waals surface area (Å²) in [6.45, 7) is 5.58. The van der Waals surface area contributed by atoms with Gasteiger partial charge in [0.1, 0.15) is 12.4 Å². The molecule has 0 bridgehead atoms. The van der Waals surface area contributed by atoms with E-state index in [4.69, 9.17) is 9.47 Å². The van der Waals surface area contributed by atoms with Crippen LogP contribution >= 0.6 is 0 Å². The van der Waals surface area contributed by atoms with Crippen LogP contribution in [0.4, 0.5) is 11.4 Å². The molecule has 142 valence electrons. The first-order chi connectivity index (χ1) is 13.2. The van der Waals surface area contributed by atoms with Crippen molar-refractivity contribution in [1.82, 2.24) is 0 Å². The molecule has 1 unspecified atom stereocenters. The maximum atomic E-state index is 12.6. The summed E-state index contributed by atoms with van der Waals surface area (Å²) >= 11 is 0. The number of carbonyl (C=O) groups excluding carboxylic acids is 1. The molecule has 4 rings (SSSR count). The van der Waals surface area contributed by atoms with Gasteiger partial charge in [-0.1, -0.05) is 6.07 Å². The van der Waals surface area contributed by atoms with Crippen LogP contribution in [0.25, 0.3) is 0 Å².